The molecule has 1 saturated carbocycles. The number of hydrogen-bond donors (Lipinski definition) is 1. The molecular weight excluding hydrogens is 368 g/mol. The molecule has 1 aliphatic carbocycles. The Bertz CT molecular complexity index is 791. The van der Waals surface area contributed by atoms with Gasteiger partial charge < -0.3 is 15.0 Å². The van der Waals surface area contributed by atoms with Crippen molar-refractivity contribution in [3.63, 3.8) is 0 Å². The number of carbonyl (C=O) groups excluding carboxylic acids is 3. The summed E-state index contributed by atoms with van der Waals surface area (Å²) in [4.78, 5) is 39.1. The minimum absolute atomic E-state index is 0.0257. The zero-order chi connectivity index (χ0) is 21.1. The molecule has 1 aromatic carbocycles. The molecule has 29 heavy (non-hydrogen) atoms. The van der Waals surface area contributed by atoms with Gasteiger partial charge in [-0.3, -0.25) is 14.4 Å². The minimum Gasteiger partial charge on any atom is -0.455 e. The number of ether oxygens (including phenoxy) is 1. The standard InChI is InChI=1S/C23H32N2O4/c1-14-7-5-9-19(16(14)3)24-21(26)13-29-23(28)18-11-22(27)25(12-18)20-10-6-8-15(2)17(20)4/h5,7,9,15,17-18,20H,6,8,10-13H2,1-4H3,(H,24,26)/t15-,17-,18+,20+/m0/s1. The number of hydrogen-bond acceptors (Lipinski definition) is 4. The highest BCUT2D eigenvalue weighted by molar-refractivity contribution is 5.94. The molecule has 0 spiro atoms. The lowest BCUT2D eigenvalue weighted by Gasteiger charge is -2.39. The van der Waals surface area contributed by atoms with Crippen molar-refractivity contribution in [3.05, 3.63) is 29.3 Å². The van der Waals surface area contributed by atoms with Crippen LogP contribution >= 0.6 is 0 Å². The highest BCUT2D eigenvalue weighted by atomic mass is 16.5. The number of anilines is 1. The van der Waals surface area contributed by atoms with Crippen LogP contribution in [0, 0.1) is 31.6 Å². The predicted molar refractivity (Wildman–Crippen MR) is 111 cm³/mol. The van der Waals surface area contributed by atoms with E-state index < -0.39 is 11.9 Å². The van der Waals surface area contributed by atoms with Crippen LogP contribution in [0.5, 0.6) is 0 Å². The predicted octanol–water partition coefficient (Wildman–Crippen LogP) is 3.46. The zero-order valence-corrected chi connectivity index (χ0v) is 17.9. The quantitative estimate of drug-likeness (QED) is 0.768. The SMILES string of the molecule is Cc1cccc(NC(=O)COC(=O)[C@@H]2CC(=O)N([C@@H]3CCC[C@H](C)[C@@H]3C)C2)c1C. The van der Waals surface area contributed by atoms with E-state index in [-0.39, 0.29) is 30.9 Å². The third-order valence-electron chi connectivity index (χ3n) is 6.78. The van der Waals surface area contributed by atoms with Gasteiger partial charge in [-0.05, 0) is 49.3 Å². The summed E-state index contributed by atoms with van der Waals surface area (Å²) < 4.78 is 5.23. The van der Waals surface area contributed by atoms with Crippen LogP contribution in [0.15, 0.2) is 18.2 Å². The lowest BCUT2D eigenvalue weighted by Crippen LogP contribution is -2.45. The third kappa shape index (κ3) is 4.80. The van der Waals surface area contributed by atoms with Crippen LogP contribution in [-0.2, 0) is 19.1 Å². The summed E-state index contributed by atoms with van der Waals surface area (Å²) in [6.45, 7) is 8.40. The van der Waals surface area contributed by atoms with E-state index in [4.69, 9.17) is 4.74 Å². The second-order valence-corrected chi connectivity index (χ2v) is 8.69. The van der Waals surface area contributed by atoms with Crippen molar-refractivity contribution >= 4 is 23.5 Å². The van der Waals surface area contributed by atoms with Gasteiger partial charge in [-0.1, -0.05) is 38.8 Å². The van der Waals surface area contributed by atoms with Crippen LogP contribution in [0.3, 0.4) is 0 Å². The Morgan fingerprint density at radius 2 is 1.97 bits per heavy atom. The van der Waals surface area contributed by atoms with Crippen molar-refractivity contribution in [2.24, 2.45) is 17.8 Å². The van der Waals surface area contributed by atoms with Gasteiger partial charge in [0, 0.05) is 24.7 Å². The molecular formula is C23H32N2O4. The van der Waals surface area contributed by atoms with Crippen LogP contribution in [0.1, 0.15) is 50.7 Å². The molecule has 1 saturated heterocycles. The van der Waals surface area contributed by atoms with Gasteiger partial charge in [0.1, 0.15) is 0 Å². The van der Waals surface area contributed by atoms with Crippen LogP contribution < -0.4 is 5.32 Å². The zero-order valence-electron chi connectivity index (χ0n) is 17.9. The van der Waals surface area contributed by atoms with Gasteiger partial charge in [-0.2, -0.15) is 0 Å². The van der Waals surface area contributed by atoms with E-state index in [1.165, 1.54) is 6.42 Å². The van der Waals surface area contributed by atoms with Gasteiger partial charge in [0.25, 0.3) is 5.91 Å². The molecule has 3 rings (SSSR count). The van der Waals surface area contributed by atoms with E-state index in [1.807, 2.05) is 36.9 Å². The highest BCUT2D eigenvalue weighted by Gasteiger charge is 2.42. The summed E-state index contributed by atoms with van der Waals surface area (Å²) in [5.74, 6) is -0.276. The molecule has 0 radical (unpaired) electrons. The summed E-state index contributed by atoms with van der Waals surface area (Å²) in [6.07, 6.45) is 3.49. The van der Waals surface area contributed by atoms with E-state index in [0.29, 0.717) is 24.1 Å². The van der Waals surface area contributed by atoms with Crippen LogP contribution in [0.25, 0.3) is 0 Å². The van der Waals surface area contributed by atoms with E-state index in [0.717, 1.165) is 24.0 Å². The molecule has 0 unspecified atom stereocenters. The molecule has 1 N–H and O–H groups in total. The monoisotopic (exact) mass is 400 g/mol. The topological polar surface area (TPSA) is 75.7 Å². The van der Waals surface area contributed by atoms with Crippen LogP contribution in [0.4, 0.5) is 5.69 Å². The van der Waals surface area contributed by atoms with Gasteiger partial charge in [0.05, 0.1) is 5.92 Å². The molecule has 158 valence electrons. The molecule has 0 bridgehead atoms. The summed E-state index contributed by atoms with van der Waals surface area (Å²) >= 11 is 0. The van der Waals surface area contributed by atoms with Crippen molar-refractivity contribution in [1.29, 1.82) is 0 Å². The van der Waals surface area contributed by atoms with Crippen LogP contribution in [0.2, 0.25) is 0 Å². The Labute approximate surface area is 173 Å². The van der Waals surface area contributed by atoms with Gasteiger partial charge in [0.15, 0.2) is 6.61 Å². The molecule has 6 heteroatoms. The number of amides is 2. The Kier molecular flexibility index (Phi) is 6.60. The fourth-order valence-electron chi connectivity index (χ4n) is 4.53. The normalized spacial score (nSPS) is 27.0. The molecule has 2 amide bonds. The fraction of sp³-hybridized carbons (Fsp3) is 0.609. The van der Waals surface area contributed by atoms with Crippen molar-refractivity contribution < 1.29 is 19.1 Å². The van der Waals surface area contributed by atoms with E-state index in [9.17, 15) is 14.4 Å². The first-order valence-electron chi connectivity index (χ1n) is 10.6. The van der Waals surface area contributed by atoms with E-state index >= 15 is 0 Å². The Balaban J connectivity index is 1.51. The maximum atomic E-state index is 12.5. The van der Waals surface area contributed by atoms with Crippen molar-refractivity contribution in [1.82, 2.24) is 4.90 Å². The van der Waals surface area contributed by atoms with Gasteiger partial charge in [0.2, 0.25) is 5.91 Å². The number of aryl methyl sites for hydroxylation is 1. The molecule has 4 atom stereocenters. The first-order chi connectivity index (χ1) is 13.8. The van der Waals surface area contributed by atoms with Crippen molar-refractivity contribution in [2.45, 2.75) is 59.4 Å². The van der Waals surface area contributed by atoms with E-state index in [1.54, 1.807) is 0 Å². The third-order valence-corrected chi connectivity index (χ3v) is 6.78. The smallest absolute Gasteiger partial charge is 0.311 e. The number of benzene rings is 1. The summed E-state index contributed by atoms with van der Waals surface area (Å²) in [5.41, 5.74) is 2.78. The molecule has 2 fully saturated rings. The Morgan fingerprint density at radius 3 is 2.72 bits per heavy atom. The average molecular weight is 401 g/mol. The lowest BCUT2D eigenvalue weighted by atomic mass is 9.77. The lowest BCUT2D eigenvalue weighted by molar-refractivity contribution is -0.151. The average Bonchev–Trinajstić information content (AvgIpc) is 3.07. The number of nitrogens with zero attached hydrogens (tertiary/aromatic N) is 1. The van der Waals surface area contributed by atoms with Gasteiger partial charge >= 0.3 is 5.97 Å². The van der Waals surface area contributed by atoms with Crippen molar-refractivity contribution in [3.8, 4) is 0 Å². The van der Waals surface area contributed by atoms with Crippen LogP contribution in [-0.4, -0.2) is 41.9 Å². The summed E-state index contributed by atoms with van der Waals surface area (Å²) in [5, 5.41) is 2.78. The van der Waals surface area contributed by atoms with Gasteiger partial charge in [-0.15, -0.1) is 0 Å². The first-order valence-corrected chi connectivity index (χ1v) is 10.6. The number of likely N-dealkylation sites (tertiary alicyclic amines) is 1. The largest absolute Gasteiger partial charge is 0.455 e. The summed E-state index contributed by atoms with van der Waals surface area (Å²) in [6, 6.07) is 5.87. The molecule has 1 heterocycles. The second kappa shape index (κ2) is 8.97. The number of esters is 1. The second-order valence-electron chi connectivity index (χ2n) is 8.69. The molecule has 2 aliphatic rings. The first kappa shape index (κ1) is 21.3. The maximum Gasteiger partial charge on any atom is 0.311 e. The molecule has 0 aromatic heterocycles. The highest BCUT2D eigenvalue weighted by Crippen LogP contribution is 2.35. The Morgan fingerprint density at radius 1 is 1.21 bits per heavy atom. The number of nitrogens with one attached hydrogen (secondary N) is 1. The molecule has 6 nitrogen and oxygen atoms in total. The van der Waals surface area contributed by atoms with Gasteiger partial charge in [-0.25, -0.2) is 0 Å². The minimum atomic E-state index is -0.486. The fourth-order valence-corrected chi connectivity index (χ4v) is 4.53. The van der Waals surface area contributed by atoms with E-state index in [2.05, 4.69) is 19.2 Å². The number of rotatable bonds is 5. The maximum absolute atomic E-state index is 12.5. The Hall–Kier alpha value is -2.37. The van der Waals surface area contributed by atoms with Crippen molar-refractivity contribution in [2.75, 3.05) is 18.5 Å². The molecule has 1 aromatic rings. The number of carbonyl (C=O) groups is 3. The molecule has 1 aliphatic heterocycles. The summed E-state index contributed by atoms with van der Waals surface area (Å²) in [7, 11) is 0.